The van der Waals surface area contributed by atoms with Crippen molar-refractivity contribution in [3.63, 3.8) is 0 Å². The number of methoxy groups -OCH3 is 1. The molecule has 0 aliphatic heterocycles. The van der Waals surface area contributed by atoms with Crippen molar-refractivity contribution in [3.05, 3.63) is 22.4 Å². The van der Waals surface area contributed by atoms with Crippen LogP contribution in [-0.2, 0) is 0 Å². The van der Waals surface area contributed by atoms with Gasteiger partial charge in [0.2, 0.25) is 0 Å². The fraction of sp³-hybridized carbons (Fsp3) is 0.125. The third-order valence-corrected chi connectivity index (χ3v) is 2.76. The summed E-state index contributed by atoms with van der Waals surface area (Å²) < 4.78 is 19.1. The highest BCUT2D eigenvalue weighted by atomic mass is 35.5. The standard InChI is InChI=1S/C8H5ClFNOS/c1-12-6-3-5-7(2-4(6)10)13-8(9)11-5/h2-3H,1H3. The Morgan fingerprint density at radius 2 is 2.31 bits per heavy atom. The number of aromatic nitrogens is 1. The molecule has 2 aromatic rings. The van der Waals surface area contributed by atoms with Crippen LogP contribution in [0.5, 0.6) is 5.75 Å². The van der Waals surface area contributed by atoms with Gasteiger partial charge in [0, 0.05) is 6.07 Å². The Bertz CT molecular complexity index is 457. The van der Waals surface area contributed by atoms with Crippen molar-refractivity contribution in [2.45, 2.75) is 0 Å². The fourth-order valence-corrected chi connectivity index (χ4v) is 2.10. The quantitative estimate of drug-likeness (QED) is 0.732. The number of hydrogen-bond acceptors (Lipinski definition) is 3. The average molecular weight is 218 g/mol. The number of halogens is 2. The molecule has 1 aromatic heterocycles. The number of hydrogen-bond donors (Lipinski definition) is 0. The van der Waals surface area contributed by atoms with E-state index < -0.39 is 5.82 Å². The smallest absolute Gasteiger partial charge is 0.184 e. The molecular formula is C8H5ClFNOS. The van der Waals surface area contributed by atoms with E-state index >= 15 is 0 Å². The minimum Gasteiger partial charge on any atom is -0.494 e. The molecule has 5 heteroatoms. The van der Waals surface area contributed by atoms with Gasteiger partial charge >= 0.3 is 0 Å². The van der Waals surface area contributed by atoms with Crippen LogP contribution in [0.25, 0.3) is 10.2 Å². The van der Waals surface area contributed by atoms with Crippen LogP contribution < -0.4 is 4.74 Å². The lowest BCUT2D eigenvalue weighted by atomic mass is 10.3. The first-order chi connectivity index (χ1) is 6.20. The molecule has 0 radical (unpaired) electrons. The normalized spacial score (nSPS) is 10.7. The van der Waals surface area contributed by atoms with Crippen LogP contribution in [0.3, 0.4) is 0 Å². The zero-order valence-electron chi connectivity index (χ0n) is 6.67. The third kappa shape index (κ3) is 1.47. The second kappa shape index (κ2) is 3.12. The number of rotatable bonds is 1. The first kappa shape index (κ1) is 8.72. The molecule has 13 heavy (non-hydrogen) atoms. The zero-order chi connectivity index (χ0) is 9.42. The molecule has 2 nitrogen and oxygen atoms in total. The molecule has 1 heterocycles. The van der Waals surface area contributed by atoms with Crippen LogP contribution in [0, 0.1) is 5.82 Å². The summed E-state index contributed by atoms with van der Waals surface area (Å²) >= 11 is 6.92. The maximum absolute atomic E-state index is 13.1. The first-order valence-corrected chi connectivity index (χ1v) is 4.69. The van der Waals surface area contributed by atoms with Gasteiger partial charge in [-0.15, -0.1) is 11.3 Å². The first-order valence-electron chi connectivity index (χ1n) is 3.50. The van der Waals surface area contributed by atoms with Crippen LogP contribution in [-0.4, -0.2) is 12.1 Å². The van der Waals surface area contributed by atoms with Gasteiger partial charge in [-0.3, -0.25) is 0 Å². The topological polar surface area (TPSA) is 22.1 Å². The average Bonchev–Trinajstić information content (AvgIpc) is 2.42. The summed E-state index contributed by atoms with van der Waals surface area (Å²) in [6.07, 6.45) is 0. The molecule has 0 saturated carbocycles. The number of benzene rings is 1. The Balaban J connectivity index is 2.72. The van der Waals surface area contributed by atoms with Crippen molar-refractivity contribution < 1.29 is 9.13 Å². The summed E-state index contributed by atoms with van der Waals surface area (Å²) in [5.74, 6) is -0.204. The van der Waals surface area contributed by atoms with Gasteiger partial charge in [0.1, 0.15) is 0 Å². The van der Waals surface area contributed by atoms with Crippen molar-refractivity contribution in [1.29, 1.82) is 0 Å². The summed E-state index contributed by atoms with van der Waals surface area (Å²) in [7, 11) is 1.41. The molecule has 0 atom stereocenters. The predicted octanol–water partition coefficient (Wildman–Crippen LogP) is 3.10. The Kier molecular flexibility index (Phi) is 2.09. The lowest BCUT2D eigenvalue weighted by molar-refractivity contribution is 0.387. The zero-order valence-corrected chi connectivity index (χ0v) is 8.25. The van der Waals surface area contributed by atoms with E-state index in [1.54, 1.807) is 0 Å². The minimum absolute atomic E-state index is 0.189. The van der Waals surface area contributed by atoms with Crippen molar-refractivity contribution in [2.75, 3.05) is 7.11 Å². The lowest BCUT2D eigenvalue weighted by Gasteiger charge is -1.99. The highest BCUT2D eigenvalue weighted by Crippen LogP contribution is 2.30. The summed E-state index contributed by atoms with van der Waals surface area (Å²) in [5, 5.41) is 0. The van der Waals surface area contributed by atoms with E-state index in [0.717, 1.165) is 4.70 Å². The molecular weight excluding hydrogens is 213 g/mol. The molecule has 0 aliphatic carbocycles. The Labute approximate surface area is 82.9 Å². The van der Waals surface area contributed by atoms with Gasteiger partial charge in [-0.25, -0.2) is 9.37 Å². The summed E-state index contributed by atoms with van der Waals surface area (Å²) in [6.45, 7) is 0. The second-order valence-corrected chi connectivity index (χ2v) is 4.03. The highest BCUT2D eigenvalue weighted by molar-refractivity contribution is 7.22. The van der Waals surface area contributed by atoms with Crippen LogP contribution >= 0.6 is 22.9 Å². The van der Waals surface area contributed by atoms with Crippen LogP contribution in [0.15, 0.2) is 12.1 Å². The third-order valence-electron chi connectivity index (χ3n) is 1.64. The molecule has 0 unspecified atom stereocenters. The molecule has 0 saturated heterocycles. The SMILES string of the molecule is COc1cc2nc(Cl)sc2cc1F. The molecule has 1 aromatic carbocycles. The van der Waals surface area contributed by atoms with E-state index in [1.807, 2.05) is 0 Å². The van der Waals surface area contributed by atoms with Gasteiger partial charge in [-0.1, -0.05) is 11.6 Å². The molecule has 2 rings (SSSR count). The van der Waals surface area contributed by atoms with Crippen molar-refractivity contribution in [3.8, 4) is 5.75 Å². The Morgan fingerprint density at radius 1 is 1.54 bits per heavy atom. The van der Waals surface area contributed by atoms with Crippen LogP contribution in [0.1, 0.15) is 0 Å². The van der Waals surface area contributed by atoms with E-state index in [4.69, 9.17) is 16.3 Å². The van der Waals surface area contributed by atoms with Gasteiger partial charge < -0.3 is 4.74 Å². The van der Waals surface area contributed by atoms with Crippen LogP contribution in [0.4, 0.5) is 4.39 Å². The molecule has 0 N–H and O–H groups in total. The maximum Gasteiger partial charge on any atom is 0.184 e. The van der Waals surface area contributed by atoms with E-state index in [9.17, 15) is 4.39 Å². The van der Waals surface area contributed by atoms with E-state index in [0.29, 0.717) is 9.98 Å². The summed E-state index contributed by atoms with van der Waals surface area (Å²) in [6, 6.07) is 2.91. The lowest BCUT2D eigenvalue weighted by Crippen LogP contribution is -1.86. The van der Waals surface area contributed by atoms with E-state index in [1.165, 1.54) is 30.6 Å². The second-order valence-electron chi connectivity index (χ2n) is 2.42. The van der Waals surface area contributed by atoms with Gasteiger partial charge in [0.15, 0.2) is 16.0 Å². The molecule has 0 aliphatic rings. The number of thiazole rings is 1. The highest BCUT2D eigenvalue weighted by Gasteiger charge is 2.08. The van der Waals surface area contributed by atoms with Crippen molar-refractivity contribution >= 4 is 33.2 Å². The molecule has 0 fully saturated rings. The van der Waals surface area contributed by atoms with Gasteiger partial charge in [0.05, 0.1) is 17.3 Å². The summed E-state index contributed by atoms with van der Waals surface area (Å²) in [5.41, 5.74) is 0.660. The molecule has 0 spiro atoms. The van der Waals surface area contributed by atoms with Crippen molar-refractivity contribution in [2.24, 2.45) is 0 Å². The maximum atomic E-state index is 13.1. The monoisotopic (exact) mass is 217 g/mol. The number of nitrogens with zero attached hydrogens (tertiary/aromatic N) is 1. The Hall–Kier alpha value is -0.870. The fourth-order valence-electron chi connectivity index (χ4n) is 1.06. The van der Waals surface area contributed by atoms with Gasteiger partial charge in [-0.05, 0) is 6.07 Å². The van der Waals surface area contributed by atoms with Gasteiger partial charge in [-0.2, -0.15) is 0 Å². The molecule has 0 amide bonds. The number of ether oxygens (including phenoxy) is 1. The van der Waals surface area contributed by atoms with Crippen LogP contribution in [0.2, 0.25) is 4.47 Å². The molecule has 68 valence electrons. The predicted molar refractivity (Wildman–Crippen MR) is 51.1 cm³/mol. The number of fused-ring (bicyclic) bond motifs is 1. The van der Waals surface area contributed by atoms with E-state index in [-0.39, 0.29) is 5.75 Å². The van der Waals surface area contributed by atoms with E-state index in [2.05, 4.69) is 4.98 Å². The van der Waals surface area contributed by atoms with Gasteiger partial charge in [0.25, 0.3) is 0 Å². The Morgan fingerprint density at radius 3 is 3.00 bits per heavy atom. The molecule has 0 bridgehead atoms. The van der Waals surface area contributed by atoms with Crippen molar-refractivity contribution in [1.82, 2.24) is 4.98 Å². The summed E-state index contributed by atoms with van der Waals surface area (Å²) in [4.78, 5) is 4.00. The largest absolute Gasteiger partial charge is 0.494 e. The minimum atomic E-state index is -0.393.